The Morgan fingerprint density at radius 3 is 2.31 bits per heavy atom. The molecule has 2 aromatic heterocycles. The fraction of sp³-hybridized carbons (Fsp3) is 0. The van der Waals surface area contributed by atoms with Gasteiger partial charge in [0.1, 0.15) is 6.33 Å². The van der Waals surface area contributed by atoms with E-state index in [0.29, 0.717) is 0 Å². The second-order valence-corrected chi connectivity index (χ2v) is 2.86. The summed E-state index contributed by atoms with van der Waals surface area (Å²) in [6, 6.07) is 4.04. The molecule has 0 saturated carbocycles. The highest BCUT2D eigenvalue weighted by molar-refractivity contribution is 7.07. The van der Waals surface area contributed by atoms with Crippen LogP contribution in [0.15, 0.2) is 41.6 Å². The lowest BCUT2D eigenvalue weighted by atomic mass is 10.7. The van der Waals surface area contributed by atoms with Gasteiger partial charge >= 0.3 is 6.09 Å². The number of thiophene rings is 1. The number of hydrogen-bond donors (Lipinski definition) is 1. The van der Waals surface area contributed by atoms with Gasteiger partial charge in [-0.25, -0.2) is 14.3 Å². The Kier molecular flexibility index (Phi) is 3.72. The normalized spacial score (nSPS) is 8.62. The van der Waals surface area contributed by atoms with Crippen molar-refractivity contribution in [3.05, 3.63) is 41.6 Å². The first-order chi connectivity index (χ1) is 6.30. The lowest BCUT2D eigenvalue weighted by Gasteiger charge is -1.85. The van der Waals surface area contributed by atoms with E-state index in [9.17, 15) is 4.79 Å². The van der Waals surface area contributed by atoms with Crippen molar-refractivity contribution in [3.8, 4) is 0 Å². The molecule has 0 radical (unpaired) electrons. The van der Waals surface area contributed by atoms with Gasteiger partial charge in [-0.3, -0.25) is 0 Å². The van der Waals surface area contributed by atoms with Crippen molar-refractivity contribution in [3.63, 3.8) is 0 Å². The molecule has 2 heterocycles. The Morgan fingerprint density at radius 2 is 2.08 bits per heavy atom. The predicted octanol–water partition coefficient (Wildman–Crippen LogP) is 2.16. The highest BCUT2D eigenvalue weighted by Crippen LogP contribution is 1.91. The van der Waals surface area contributed by atoms with Gasteiger partial charge in [0.25, 0.3) is 0 Å². The summed E-state index contributed by atoms with van der Waals surface area (Å²) in [7, 11) is 0. The summed E-state index contributed by atoms with van der Waals surface area (Å²) in [6.45, 7) is 0. The quantitative estimate of drug-likeness (QED) is 0.702. The molecule has 0 bridgehead atoms. The van der Waals surface area contributed by atoms with Crippen LogP contribution in [0.3, 0.4) is 0 Å². The molecule has 0 atom stereocenters. The average Bonchev–Trinajstić information content (AvgIpc) is 2.82. The second-order valence-electron chi connectivity index (χ2n) is 2.05. The van der Waals surface area contributed by atoms with Crippen LogP contribution in [-0.4, -0.2) is 20.8 Å². The van der Waals surface area contributed by atoms with Gasteiger partial charge in [0, 0.05) is 12.4 Å². The third-order valence-corrected chi connectivity index (χ3v) is 1.78. The van der Waals surface area contributed by atoms with Crippen LogP contribution in [-0.2, 0) is 0 Å². The lowest BCUT2D eigenvalue weighted by Crippen LogP contribution is -2.03. The largest absolute Gasteiger partial charge is 0.464 e. The highest BCUT2D eigenvalue weighted by atomic mass is 32.1. The zero-order valence-electron chi connectivity index (χ0n) is 6.70. The number of aromatic nitrogens is 2. The summed E-state index contributed by atoms with van der Waals surface area (Å²) in [6.07, 6.45) is 2.99. The molecule has 0 aliphatic heterocycles. The Bertz CT molecular complexity index is 312. The van der Waals surface area contributed by atoms with E-state index in [2.05, 4.69) is 4.98 Å². The maximum Gasteiger partial charge on any atom is 0.416 e. The summed E-state index contributed by atoms with van der Waals surface area (Å²) in [5, 5.41) is 12.3. The van der Waals surface area contributed by atoms with Crippen LogP contribution in [0.1, 0.15) is 0 Å². The average molecular weight is 196 g/mol. The number of nitrogens with zero attached hydrogens (tertiary/aromatic N) is 2. The van der Waals surface area contributed by atoms with Gasteiger partial charge in [0.2, 0.25) is 0 Å². The summed E-state index contributed by atoms with van der Waals surface area (Å²) in [5.74, 6) is 0. The van der Waals surface area contributed by atoms with Gasteiger partial charge in [-0.2, -0.15) is 11.3 Å². The molecule has 5 heteroatoms. The summed E-state index contributed by atoms with van der Waals surface area (Å²) in [5.41, 5.74) is 0. The van der Waals surface area contributed by atoms with Crippen LogP contribution < -0.4 is 0 Å². The molecule has 0 aromatic carbocycles. The topological polar surface area (TPSA) is 55.1 Å². The molecule has 0 fully saturated rings. The zero-order valence-corrected chi connectivity index (χ0v) is 7.52. The van der Waals surface area contributed by atoms with E-state index in [4.69, 9.17) is 5.11 Å². The van der Waals surface area contributed by atoms with Crippen molar-refractivity contribution >= 4 is 17.4 Å². The first-order valence-corrected chi connectivity index (χ1v) is 4.43. The molecular formula is C8H8N2O2S. The molecule has 0 aliphatic rings. The van der Waals surface area contributed by atoms with Gasteiger partial charge in [-0.1, -0.05) is 12.1 Å². The molecule has 0 spiro atoms. The maximum absolute atomic E-state index is 9.98. The van der Waals surface area contributed by atoms with E-state index in [1.165, 1.54) is 18.7 Å². The lowest BCUT2D eigenvalue weighted by molar-refractivity contribution is 0.196. The van der Waals surface area contributed by atoms with Crippen LogP contribution in [0.2, 0.25) is 0 Å². The van der Waals surface area contributed by atoms with Crippen molar-refractivity contribution in [2.45, 2.75) is 0 Å². The van der Waals surface area contributed by atoms with Crippen LogP contribution in [0, 0.1) is 0 Å². The van der Waals surface area contributed by atoms with Crippen LogP contribution in [0.5, 0.6) is 0 Å². The molecule has 1 N–H and O–H groups in total. The molecule has 0 amide bonds. The standard InChI is InChI=1S/C4H4N2O2.C4H4S/c7-4(8)6-2-1-5-3-6;1-2-4-5-3-1/h1-3H,(H,7,8);1-4H. The highest BCUT2D eigenvalue weighted by Gasteiger charge is 1.94. The fourth-order valence-electron chi connectivity index (χ4n) is 0.599. The fourth-order valence-corrected chi connectivity index (χ4v) is 1.05. The molecule has 4 nitrogen and oxygen atoms in total. The van der Waals surface area contributed by atoms with E-state index < -0.39 is 6.09 Å². The van der Waals surface area contributed by atoms with Gasteiger partial charge in [-0.15, -0.1) is 0 Å². The van der Waals surface area contributed by atoms with Crippen LogP contribution >= 0.6 is 11.3 Å². The number of rotatable bonds is 0. The number of hydrogen-bond acceptors (Lipinski definition) is 3. The van der Waals surface area contributed by atoms with Crippen molar-refractivity contribution in [2.24, 2.45) is 0 Å². The first kappa shape index (κ1) is 9.47. The van der Waals surface area contributed by atoms with Crippen molar-refractivity contribution < 1.29 is 9.90 Å². The molecule has 13 heavy (non-hydrogen) atoms. The third kappa shape index (κ3) is 3.53. The van der Waals surface area contributed by atoms with E-state index in [0.717, 1.165) is 4.57 Å². The predicted molar refractivity (Wildman–Crippen MR) is 50.0 cm³/mol. The number of imidazole rings is 1. The van der Waals surface area contributed by atoms with Gasteiger partial charge in [0.05, 0.1) is 0 Å². The Hall–Kier alpha value is -1.62. The van der Waals surface area contributed by atoms with Gasteiger partial charge < -0.3 is 5.11 Å². The second kappa shape index (κ2) is 5.10. The minimum atomic E-state index is -1.01. The number of carbonyl (C=O) groups is 1. The van der Waals surface area contributed by atoms with E-state index in [1.807, 2.05) is 22.9 Å². The molecule has 0 saturated heterocycles. The van der Waals surface area contributed by atoms with Crippen LogP contribution in [0.25, 0.3) is 0 Å². The summed E-state index contributed by atoms with van der Waals surface area (Å²) < 4.78 is 0.972. The molecule has 0 unspecified atom stereocenters. The molecular weight excluding hydrogens is 188 g/mol. The van der Waals surface area contributed by atoms with Crippen molar-refractivity contribution in [1.82, 2.24) is 9.55 Å². The smallest absolute Gasteiger partial charge is 0.416 e. The molecule has 0 aliphatic carbocycles. The van der Waals surface area contributed by atoms with Crippen LogP contribution in [0.4, 0.5) is 4.79 Å². The molecule has 2 aromatic rings. The maximum atomic E-state index is 9.98. The Balaban J connectivity index is 0.000000145. The third-order valence-electron chi connectivity index (χ3n) is 1.15. The number of carboxylic acid groups (broad SMARTS) is 1. The van der Waals surface area contributed by atoms with E-state index in [1.54, 1.807) is 11.3 Å². The Labute approximate surface area is 79.1 Å². The molecule has 68 valence electrons. The minimum Gasteiger partial charge on any atom is -0.464 e. The first-order valence-electron chi connectivity index (χ1n) is 3.49. The Morgan fingerprint density at radius 1 is 1.38 bits per heavy atom. The summed E-state index contributed by atoms with van der Waals surface area (Å²) in [4.78, 5) is 13.5. The van der Waals surface area contributed by atoms with E-state index in [-0.39, 0.29) is 0 Å². The molecule has 2 rings (SSSR count). The minimum absolute atomic E-state index is 0.972. The van der Waals surface area contributed by atoms with Gasteiger partial charge in [-0.05, 0) is 10.8 Å². The monoisotopic (exact) mass is 196 g/mol. The summed E-state index contributed by atoms with van der Waals surface area (Å²) >= 11 is 1.71. The van der Waals surface area contributed by atoms with Crippen molar-refractivity contribution in [1.29, 1.82) is 0 Å². The van der Waals surface area contributed by atoms with Crippen molar-refractivity contribution in [2.75, 3.05) is 0 Å². The zero-order chi connectivity index (χ0) is 9.52. The SMILES string of the molecule is O=C(O)n1ccnc1.c1ccsc1. The van der Waals surface area contributed by atoms with E-state index >= 15 is 0 Å². The van der Waals surface area contributed by atoms with Gasteiger partial charge in [0.15, 0.2) is 0 Å².